The minimum absolute atomic E-state index is 0.397. The highest BCUT2D eigenvalue weighted by Crippen LogP contribution is 2.13. The molecule has 0 fully saturated rings. The quantitative estimate of drug-likeness (QED) is 0.704. The highest BCUT2D eigenvalue weighted by Gasteiger charge is 2.02. The lowest BCUT2D eigenvalue weighted by Crippen LogP contribution is -2.10. The molecule has 6 heteroatoms. The average molecular weight is 220 g/mol. The second-order valence-electron chi connectivity index (χ2n) is 2.19. The predicted octanol–water partition coefficient (Wildman–Crippen LogP) is 1.48. The summed E-state index contributed by atoms with van der Waals surface area (Å²) in [5.74, 6) is 0. The molecule has 0 saturated heterocycles. The van der Waals surface area contributed by atoms with Crippen molar-refractivity contribution in [1.29, 1.82) is 0 Å². The Labute approximate surface area is 81.5 Å². The van der Waals surface area contributed by atoms with Crippen LogP contribution in [0.25, 0.3) is 0 Å². The van der Waals surface area contributed by atoms with E-state index in [2.05, 4.69) is 5.32 Å². The molecule has 0 unspecified atom stereocenters. The molecule has 70 valence electrons. The summed E-state index contributed by atoms with van der Waals surface area (Å²) in [6.45, 7) is 0. The summed E-state index contributed by atoms with van der Waals surface area (Å²) in [6, 6.07) is 6.13. The van der Waals surface area contributed by atoms with Gasteiger partial charge in [-0.05, 0) is 24.3 Å². The normalized spacial score (nSPS) is 10.0. The van der Waals surface area contributed by atoms with E-state index in [1.807, 2.05) is 0 Å². The molecule has 0 aromatic heterocycles. The van der Waals surface area contributed by atoms with Crippen molar-refractivity contribution in [1.82, 2.24) is 0 Å². The Balaban J connectivity index is 2.75. The van der Waals surface area contributed by atoms with Crippen LogP contribution in [-0.2, 0) is 10.7 Å². The van der Waals surface area contributed by atoms with Crippen molar-refractivity contribution in [3.8, 4) is 0 Å². The summed E-state index contributed by atoms with van der Waals surface area (Å²) in [6.07, 6.45) is 0. The fourth-order valence-electron chi connectivity index (χ4n) is 0.702. The molecule has 0 spiro atoms. The number of hydrogen-bond donors (Lipinski definition) is 2. The lowest BCUT2D eigenvalue weighted by molar-refractivity contribution is 0.268. The monoisotopic (exact) mass is 219 g/mol. The van der Waals surface area contributed by atoms with E-state index in [0.717, 1.165) is 0 Å². The lowest BCUT2D eigenvalue weighted by atomic mass is 10.3. The first kappa shape index (κ1) is 10.0. The van der Waals surface area contributed by atoms with Gasteiger partial charge in [-0.15, -0.1) is 0 Å². The second kappa shape index (κ2) is 4.25. The van der Waals surface area contributed by atoms with Gasteiger partial charge in [0.15, 0.2) is 0 Å². The number of amides is 1. The number of benzene rings is 1. The van der Waals surface area contributed by atoms with E-state index in [1.165, 1.54) is 12.1 Å². The van der Waals surface area contributed by atoms with Crippen LogP contribution in [0.5, 0.6) is 0 Å². The molecule has 0 aliphatic carbocycles. The summed E-state index contributed by atoms with van der Waals surface area (Å²) in [4.78, 5) is 10.7. The molecule has 0 bridgehead atoms. The molecule has 1 rings (SSSR count). The highest BCUT2D eigenvalue weighted by atomic mass is 35.5. The van der Waals surface area contributed by atoms with Gasteiger partial charge < -0.3 is 5.32 Å². The third kappa shape index (κ3) is 3.04. The molecule has 0 radical (unpaired) electrons. The van der Waals surface area contributed by atoms with Gasteiger partial charge in [-0.1, -0.05) is 11.6 Å². The minimum Gasteiger partial charge on any atom is -0.313 e. The van der Waals surface area contributed by atoms with E-state index >= 15 is 0 Å². The van der Waals surface area contributed by atoms with Crippen LogP contribution >= 0.6 is 11.6 Å². The molecule has 0 atom stereocenters. The molecule has 1 amide bonds. The van der Waals surface area contributed by atoms with E-state index in [0.29, 0.717) is 10.7 Å². The molecule has 1 N–H and O–H groups in total. The van der Waals surface area contributed by atoms with Gasteiger partial charge in [-0.2, -0.15) is 0 Å². The van der Waals surface area contributed by atoms with Gasteiger partial charge in [0.1, 0.15) is 0 Å². The number of anilines is 1. The third-order valence-corrected chi connectivity index (χ3v) is 1.96. The van der Waals surface area contributed by atoms with Crippen LogP contribution in [0.1, 0.15) is 0 Å². The molecule has 1 aromatic rings. The summed E-state index contributed by atoms with van der Waals surface area (Å²) in [5, 5.41) is 1.66. The van der Waals surface area contributed by atoms with Crippen LogP contribution in [-0.4, -0.2) is 13.7 Å². The van der Waals surface area contributed by atoms with E-state index in [4.69, 9.17) is 11.6 Å². The van der Waals surface area contributed by atoms with Gasteiger partial charge >= 0.3 is 5.24 Å². The van der Waals surface area contributed by atoms with Crippen LogP contribution in [0.2, 0.25) is 5.02 Å². The number of nitrogens with one attached hydrogen (secondary N) is 1. The zero-order chi connectivity index (χ0) is 9.84. The maximum Gasteiger partial charge on any atom is 0.337 e. The number of carbonyl (C=O) groups excluding carboxylic acids is 1. The smallest absolute Gasteiger partial charge is 0.313 e. The number of halogens is 1. The first-order valence-corrected chi connectivity index (χ1v) is 4.86. The predicted molar refractivity (Wildman–Crippen MR) is 50.8 cm³/mol. The summed E-state index contributed by atoms with van der Waals surface area (Å²) < 4.78 is 20.3. The van der Waals surface area contributed by atoms with Gasteiger partial charge in [-0.3, -0.25) is 4.79 Å². The zero-order valence-corrected chi connectivity index (χ0v) is 8.01. The fourth-order valence-corrected chi connectivity index (χ4v) is 1.05. The zero-order valence-electron chi connectivity index (χ0n) is 6.36. The van der Waals surface area contributed by atoms with E-state index in [9.17, 15) is 13.2 Å². The molecule has 1 aromatic carbocycles. The summed E-state index contributed by atoms with van der Waals surface area (Å²) >= 11 is 5.58. The summed E-state index contributed by atoms with van der Waals surface area (Å²) in [5.41, 5.74) is 0.397. The molecular weight excluding hydrogens is 214 g/mol. The Morgan fingerprint density at radius 2 is 1.77 bits per heavy atom. The van der Waals surface area contributed by atoms with Crippen molar-refractivity contribution in [2.24, 2.45) is 0 Å². The minimum atomic E-state index is -3.08. The van der Waals surface area contributed by atoms with E-state index in [-0.39, 0.29) is 0 Å². The Kier molecular flexibility index (Phi) is 3.27. The molecule has 0 aliphatic rings. The molecule has 4 nitrogen and oxygen atoms in total. The van der Waals surface area contributed by atoms with Gasteiger partial charge in [0, 0.05) is 10.7 Å². The Morgan fingerprint density at radius 1 is 1.23 bits per heavy atom. The maximum atomic E-state index is 10.7. The fraction of sp³-hybridized carbons (Fsp3) is 0. The SMILES string of the molecule is O=C(Nc1ccc(Cl)cc1)[SH](=O)=O. The van der Waals surface area contributed by atoms with Crippen LogP contribution < -0.4 is 5.32 Å². The van der Waals surface area contributed by atoms with Crippen LogP contribution in [0, 0.1) is 0 Å². The average Bonchev–Trinajstić information content (AvgIpc) is 2.08. The number of rotatable bonds is 1. The molecule has 0 aliphatic heterocycles. The standard InChI is InChI=1S/C7H6ClNO3S/c8-5-1-3-6(4-2-5)9-7(10)13(11)12/h1-4,13H,(H,9,10). The number of hydrogen-bond acceptors (Lipinski definition) is 3. The van der Waals surface area contributed by atoms with Gasteiger partial charge in [0.2, 0.25) is 10.7 Å². The molecular formula is C7H6ClNO3S. The Morgan fingerprint density at radius 3 is 2.23 bits per heavy atom. The van der Waals surface area contributed by atoms with E-state index < -0.39 is 15.9 Å². The van der Waals surface area contributed by atoms with Crippen molar-refractivity contribution in [3.05, 3.63) is 29.3 Å². The number of carbonyl (C=O) groups is 1. The third-order valence-electron chi connectivity index (χ3n) is 1.26. The van der Waals surface area contributed by atoms with Crippen LogP contribution in [0.15, 0.2) is 24.3 Å². The van der Waals surface area contributed by atoms with Crippen LogP contribution in [0.4, 0.5) is 10.5 Å². The Hall–Kier alpha value is -1.07. The topological polar surface area (TPSA) is 63.2 Å². The maximum absolute atomic E-state index is 10.7. The van der Waals surface area contributed by atoms with Gasteiger partial charge in [0.25, 0.3) is 0 Å². The van der Waals surface area contributed by atoms with Crippen molar-refractivity contribution in [2.75, 3.05) is 5.32 Å². The summed E-state index contributed by atoms with van der Waals surface area (Å²) in [7, 11) is -3.08. The first-order chi connectivity index (χ1) is 6.09. The van der Waals surface area contributed by atoms with Crippen molar-refractivity contribution in [2.45, 2.75) is 0 Å². The highest BCUT2D eigenvalue weighted by molar-refractivity contribution is 7.89. The lowest BCUT2D eigenvalue weighted by Gasteiger charge is -1.99. The van der Waals surface area contributed by atoms with E-state index in [1.54, 1.807) is 12.1 Å². The molecule has 0 saturated carbocycles. The Bertz CT molecular complexity index is 377. The largest absolute Gasteiger partial charge is 0.337 e. The molecule has 0 heterocycles. The van der Waals surface area contributed by atoms with Gasteiger partial charge in [-0.25, -0.2) is 8.42 Å². The molecule has 13 heavy (non-hydrogen) atoms. The van der Waals surface area contributed by atoms with Gasteiger partial charge in [0.05, 0.1) is 0 Å². The first-order valence-electron chi connectivity index (χ1n) is 3.30. The van der Waals surface area contributed by atoms with Crippen molar-refractivity contribution >= 4 is 33.2 Å². The van der Waals surface area contributed by atoms with Crippen LogP contribution in [0.3, 0.4) is 0 Å². The second-order valence-corrected chi connectivity index (χ2v) is 3.55. The number of thiol groups is 1. The van der Waals surface area contributed by atoms with Crippen molar-refractivity contribution in [3.63, 3.8) is 0 Å². The van der Waals surface area contributed by atoms with Crippen molar-refractivity contribution < 1.29 is 13.2 Å².